The highest BCUT2D eigenvalue weighted by Crippen LogP contribution is 2.61. The van der Waals surface area contributed by atoms with Crippen LogP contribution < -0.4 is 18.9 Å². The lowest BCUT2D eigenvalue weighted by atomic mass is 9.94. The number of ether oxygens (including phenoxy) is 4. The van der Waals surface area contributed by atoms with Crippen molar-refractivity contribution in [2.24, 2.45) is 11.8 Å². The van der Waals surface area contributed by atoms with E-state index in [1.165, 1.54) is 46.9 Å². The number of Topliss-reactive ketones (excluding diaryl/α,β-unsaturated/α-hetero) is 2. The normalized spacial score (nSPS) is 15.5. The summed E-state index contributed by atoms with van der Waals surface area (Å²) in [6.07, 6.45) is 11.4. The van der Waals surface area contributed by atoms with Crippen molar-refractivity contribution in [3.8, 4) is 120 Å². The number of unbranched alkanes of at least 4 members (excludes halogenated alkanes) is 2. The molecule has 2 aliphatic heterocycles. The molecule has 96 heavy (non-hydrogen) atoms. The predicted octanol–water partition coefficient (Wildman–Crippen LogP) is 20.5. The summed E-state index contributed by atoms with van der Waals surface area (Å²) in [4.78, 5) is 39.6. The molecule has 0 radical (unpaired) electrons. The van der Waals surface area contributed by atoms with Crippen molar-refractivity contribution >= 4 is 103 Å². The van der Waals surface area contributed by atoms with Gasteiger partial charge in [-0.25, -0.2) is 0 Å². The molecule has 2 atom stereocenters. The van der Waals surface area contributed by atoms with Gasteiger partial charge in [-0.05, 0) is 124 Å². The van der Waals surface area contributed by atoms with Gasteiger partial charge in [-0.3, -0.25) is 9.59 Å². The molecule has 2 aromatic carbocycles. The summed E-state index contributed by atoms with van der Waals surface area (Å²) >= 11 is 9.44. The van der Waals surface area contributed by atoms with Gasteiger partial charge in [0.15, 0.2) is 11.6 Å². The number of fused-ring (bicyclic) bond motifs is 8. The Kier molecular flexibility index (Phi) is 18.4. The van der Waals surface area contributed by atoms with E-state index in [0.29, 0.717) is 46.3 Å². The maximum absolute atomic E-state index is 14.4. The first-order valence-corrected chi connectivity index (χ1v) is 36.3. The monoisotopic (exact) mass is 1370 g/mol. The Morgan fingerprint density at radius 2 is 0.812 bits per heavy atom. The van der Waals surface area contributed by atoms with E-state index in [0.717, 1.165) is 123 Å². The second kappa shape index (κ2) is 26.7. The average Bonchev–Trinajstić information content (AvgIpc) is 1.58. The molecular formula is C76H58N8O6S6. The maximum atomic E-state index is 14.4. The Bertz CT molecular complexity index is 4790. The summed E-state index contributed by atoms with van der Waals surface area (Å²) < 4.78 is 27.5. The fraction of sp³-hybridized carbons (Fsp3) is 0.289. The van der Waals surface area contributed by atoms with Crippen molar-refractivity contribution in [1.82, 2.24) is 0 Å². The Labute approximate surface area is 580 Å². The molecule has 4 aliphatic rings. The van der Waals surface area contributed by atoms with E-state index < -0.39 is 22.8 Å². The zero-order valence-electron chi connectivity index (χ0n) is 53.6. The Balaban J connectivity index is 0.918. The molecule has 0 saturated carbocycles. The van der Waals surface area contributed by atoms with Crippen molar-refractivity contribution in [2.45, 2.75) is 118 Å². The molecule has 0 fully saturated rings. The molecule has 2 unspecified atom stereocenters. The SMILES string of the molecule is CCCCC(CC)COc1cc(/C=C2\C(=O)c3cc(C#N)c(C#N)cc3C2=C(C#N)C#N)sc1-c1cc2c(s1)-c1sc(-c3cc4c(s3)-c3sc(-c5sc(/C=C6\C(=O)c7cc(C#N)c(C#N)cc7C6=C(C#N)C#N)cc5OCC(CC)CCCC)cc3OC4(C)C)cc1C(C)(C)O2. The highest BCUT2D eigenvalue weighted by Gasteiger charge is 2.42. The summed E-state index contributed by atoms with van der Waals surface area (Å²) in [5.74, 6) is 2.35. The zero-order valence-corrected chi connectivity index (χ0v) is 58.5. The fourth-order valence-electron chi connectivity index (χ4n) is 12.6. The minimum atomic E-state index is -0.732. The number of ketones is 2. The van der Waals surface area contributed by atoms with Crippen molar-refractivity contribution in [3.63, 3.8) is 0 Å². The van der Waals surface area contributed by atoms with E-state index >= 15 is 0 Å². The molecule has 6 aromatic heterocycles. The first-order chi connectivity index (χ1) is 46.3. The van der Waals surface area contributed by atoms with Gasteiger partial charge < -0.3 is 18.9 Å². The highest BCUT2D eigenvalue weighted by molar-refractivity contribution is 7.31. The molecule has 0 saturated heterocycles. The first kappa shape index (κ1) is 66.1. The van der Waals surface area contributed by atoms with E-state index in [2.05, 4.69) is 79.7 Å². The number of nitrogens with zero attached hydrogens (tertiary/aromatic N) is 8. The first-order valence-electron chi connectivity index (χ1n) is 31.4. The molecule has 0 spiro atoms. The molecule has 0 bridgehead atoms. The van der Waals surface area contributed by atoms with Crippen LogP contribution >= 0.6 is 68.0 Å². The number of rotatable bonds is 19. The van der Waals surface area contributed by atoms with Gasteiger partial charge in [0, 0.05) is 76.2 Å². The Hall–Kier alpha value is -9.94. The van der Waals surface area contributed by atoms with Crippen molar-refractivity contribution < 1.29 is 28.5 Å². The molecule has 0 N–H and O–H groups in total. The largest absolute Gasteiger partial charge is 0.492 e. The average molecular weight is 1370 g/mol. The number of thiophene rings is 6. The summed E-state index contributed by atoms with van der Waals surface area (Å²) in [5, 5.41) is 80.4. The van der Waals surface area contributed by atoms with Crippen LogP contribution in [0.5, 0.6) is 23.0 Å². The zero-order chi connectivity index (χ0) is 68.1. The third-order valence-corrected chi connectivity index (χ3v) is 25.3. The number of carbonyl (C=O) groups excluding carboxylic acids is 2. The Morgan fingerprint density at radius 1 is 0.458 bits per heavy atom. The van der Waals surface area contributed by atoms with Crippen LogP contribution in [0.25, 0.3) is 72.1 Å². The van der Waals surface area contributed by atoms with E-state index in [1.54, 1.807) is 57.5 Å². The van der Waals surface area contributed by atoms with Crippen molar-refractivity contribution in [1.29, 1.82) is 42.1 Å². The molecule has 8 heterocycles. The predicted molar refractivity (Wildman–Crippen MR) is 378 cm³/mol. The lowest BCUT2D eigenvalue weighted by molar-refractivity contribution is 0.103. The summed E-state index contributed by atoms with van der Waals surface area (Å²) in [5.41, 5.74) is 1.36. The lowest BCUT2D eigenvalue weighted by Crippen LogP contribution is -2.27. The van der Waals surface area contributed by atoms with Gasteiger partial charge in [0.25, 0.3) is 0 Å². The minimum Gasteiger partial charge on any atom is -0.492 e. The van der Waals surface area contributed by atoms with Crippen LogP contribution in [0.1, 0.15) is 182 Å². The van der Waals surface area contributed by atoms with Gasteiger partial charge in [-0.15, -0.1) is 68.0 Å². The third kappa shape index (κ3) is 11.8. The molecule has 474 valence electrons. The van der Waals surface area contributed by atoms with Gasteiger partial charge in [0.2, 0.25) is 0 Å². The van der Waals surface area contributed by atoms with E-state index in [9.17, 15) is 51.7 Å². The number of allylic oxidation sites excluding steroid dienone is 6. The maximum Gasteiger partial charge on any atom is 0.194 e. The van der Waals surface area contributed by atoms with E-state index in [1.807, 2.05) is 60.7 Å². The lowest BCUT2D eigenvalue weighted by Gasteiger charge is -2.31. The molecule has 2 aliphatic carbocycles. The second-order valence-electron chi connectivity index (χ2n) is 24.7. The van der Waals surface area contributed by atoms with Crippen LogP contribution in [0.2, 0.25) is 0 Å². The number of benzene rings is 2. The molecule has 20 heteroatoms. The van der Waals surface area contributed by atoms with Gasteiger partial charge in [-0.1, -0.05) is 66.2 Å². The van der Waals surface area contributed by atoms with Crippen molar-refractivity contribution in [2.75, 3.05) is 13.2 Å². The van der Waals surface area contributed by atoms with Crippen LogP contribution in [0.15, 0.2) is 83.0 Å². The molecule has 0 amide bonds. The molecule has 12 rings (SSSR count). The Morgan fingerprint density at radius 3 is 1.15 bits per heavy atom. The van der Waals surface area contributed by atoms with Crippen LogP contribution in [-0.4, -0.2) is 24.8 Å². The molecule has 8 aromatic rings. The standard InChI is InChI=1S/C76H58N8O6S6/c1-9-13-15-39(11-3)37-87-57-23-47(21-53-65(45(33-81)34-82)49-17-41(29-77)43(31-79)19-51(49)67(53)85)91-71(57)63-27-59-73(95-63)69-55(75(5,6)89-59)25-61(93-69)62-26-56-70(94-62)74-60(90-76(56,7)8)28-64(96-74)72-58(88-38-40(12-4)16-14-10-2)24-48(92-72)22-54-66(46(35-83)36-84)50-18-42(30-78)44(32-80)20-52(50)68(54)86/h17-28,39-40H,9-16,37-38H2,1-8H3/b53-21-,54-22-. The van der Waals surface area contributed by atoms with E-state index in [-0.39, 0.29) is 77.9 Å². The van der Waals surface area contributed by atoms with Crippen LogP contribution in [0, 0.1) is 102 Å². The second-order valence-corrected chi connectivity index (χ2v) is 31.1. The minimum absolute atomic E-state index is 0.0198. The number of nitriles is 8. The molecular weight excluding hydrogens is 1310 g/mol. The van der Waals surface area contributed by atoms with Crippen LogP contribution in [0.3, 0.4) is 0 Å². The topological polar surface area (TPSA) is 261 Å². The van der Waals surface area contributed by atoms with Gasteiger partial charge >= 0.3 is 0 Å². The fourth-order valence-corrected chi connectivity index (χ4v) is 20.0. The summed E-state index contributed by atoms with van der Waals surface area (Å²) in [7, 11) is 0. The smallest absolute Gasteiger partial charge is 0.194 e. The molecule has 14 nitrogen and oxygen atoms in total. The quantitative estimate of drug-likeness (QED) is 0.0538. The summed E-state index contributed by atoms with van der Waals surface area (Å²) in [6, 6.07) is 33.8. The van der Waals surface area contributed by atoms with E-state index in [4.69, 9.17) is 18.9 Å². The summed E-state index contributed by atoms with van der Waals surface area (Å²) in [6.45, 7) is 17.9. The van der Waals surface area contributed by atoms with Crippen LogP contribution in [0.4, 0.5) is 0 Å². The van der Waals surface area contributed by atoms with Crippen LogP contribution in [-0.2, 0) is 11.2 Å². The van der Waals surface area contributed by atoms with Crippen molar-refractivity contribution in [3.05, 3.63) is 148 Å². The number of hydrogen-bond donors (Lipinski definition) is 0. The van der Waals surface area contributed by atoms with Gasteiger partial charge in [0.1, 0.15) is 93.9 Å². The third-order valence-electron chi connectivity index (χ3n) is 17.8. The number of carbonyl (C=O) groups is 2. The number of hydrogen-bond acceptors (Lipinski definition) is 20. The van der Waals surface area contributed by atoms with Gasteiger partial charge in [0.05, 0.1) is 74.5 Å². The highest BCUT2D eigenvalue weighted by atomic mass is 32.1. The van der Waals surface area contributed by atoms with Gasteiger partial charge in [-0.2, -0.15) is 42.1 Å².